The Morgan fingerprint density at radius 2 is 2.09 bits per heavy atom. The van der Waals surface area contributed by atoms with Crippen molar-refractivity contribution in [2.75, 3.05) is 27.3 Å². The molecule has 1 heterocycles. The average Bonchev–Trinajstić information content (AvgIpc) is 2.52. The van der Waals surface area contributed by atoms with Gasteiger partial charge in [-0.05, 0) is 43.0 Å². The van der Waals surface area contributed by atoms with Crippen molar-refractivity contribution in [3.63, 3.8) is 0 Å². The lowest BCUT2D eigenvalue weighted by molar-refractivity contribution is 0.0925. The molecule has 5 nitrogen and oxygen atoms in total. The summed E-state index contributed by atoms with van der Waals surface area (Å²) in [5.74, 6) is 1.05. The molecule has 1 saturated heterocycles. The smallest absolute Gasteiger partial charge is 0.255 e. The lowest BCUT2D eigenvalue weighted by Crippen LogP contribution is -2.52. The second-order valence-corrected chi connectivity index (χ2v) is 6.38. The van der Waals surface area contributed by atoms with E-state index in [1.165, 1.54) is 12.8 Å². The topological polar surface area (TPSA) is 59.6 Å². The van der Waals surface area contributed by atoms with Gasteiger partial charge in [-0.25, -0.2) is 0 Å². The van der Waals surface area contributed by atoms with E-state index in [1.807, 2.05) is 0 Å². The minimum Gasteiger partial charge on any atom is -0.497 e. The third-order valence-corrected chi connectivity index (χ3v) is 4.45. The monoisotopic (exact) mass is 342 g/mol. The Kier molecular flexibility index (Phi) is 7.16. The van der Waals surface area contributed by atoms with Crippen molar-refractivity contribution in [1.82, 2.24) is 10.6 Å². The summed E-state index contributed by atoms with van der Waals surface area (Å²) >= 11 is 0. The van der Waals surface area contributed by atoms with Crippen molar-refractivity contribution in [2.45, 2.75) is 32.7 Å². The number of methoxy groups -OCH3 is 2. The van der Waals surface area contributed by atoms with Crippen LogP contribution in [0.15, 0.2) is 18.2 Å². The third-order valence-electron chi connectivity index (χ3n) is 4.45. The summed E-state index contributed by atoms with van der Waals surface area (Å²) in [6.45, 7) is 6.09. The highest BCUT2D eigenvalue weighted by Gasteiger charge is 2.32. The molecular weight excluding hydrogens is 316 g/mol. The van der Waals surface area contributed by atoms with E-state index in [-0.39, 0.29) is 29.8 Å². The number of hydrogen-bond donors (Lipinski definition) is 2. The summed E-state index contributed by atoms with van der Waals surface area (Å²) in [4.78, 5) is 12.5. The number of ether oxygens (including phenoxy) is 2. The van der Waals surface area contributed by atoms with Gasteiger partial charge in [0.2, 0.25) is 0 Å². The van der Waals surface area contributed by atoms with Gasteiger partial charge in [-0.15, -0.1) is 12.4 Å². The number of benzene rings is 1. The molecule has 0 radical (unpaired) electrons. The quantitative estimate of drug-likeness (QED) is 0.863. The molecule has 0 aliphatic carbocycles. The standard InChI is InChI=1S/C17H26N2O3.ClH/c1-17(2)8-5-9-18-15(17)11-19-16(20)13-10-12(21-3)6-7-14(13)22-4;/h6-7,10,15,18H,5,8-9,11H2,1-4H3,(H,19,20);1H. The molecule has 1 aliphatic heterocycles. The van der Waals surface area contributed by atoms with E-state index in [1.54, 1.807) is 32.4 Å². The highest BCUT2D eigenvalue weighted by atomic mass is 35.5. The van der Waals surface area contributed by atoms with Crippen molar-refractivity contribution < 1.29 is 14.3 Å². The minimum atomic E-state index is -0.140. The summed E-state index contributed by atoms with van der Waals surface area (Å²) in [6.07, 6.45) is 2.35. The van der Waals surface area contributed by atoms with Crippen LogP contribution < -0.4 is 20.1 Å². The van der Waals surface area contributed by atoms with Crippen molar-refractivity contribution >= 4 is 18.3 Å². The van der Waals surface area contributed by atoms with E-state index >= 15 is 0 Å². The zero-order valence-electron chi connectivity index (χ0n) is 14.3. The number of piperidine rings is 1. The van der Waals surface area contributed by atoms with E-state index in [4.69, 9.17) is 9.47 Å². The Bertz CT molecular complexity index is 535. The van der Waals surface area contributed by atoms with Gasteiger partial charge in [-0.2, -0.15) is 0 Å². The SMILES string of the molecule is COc1ccc(OC)c(C(=O)NCC2NCCCC2(C)C)c1.Cl. The molecule has 0 saturated carbocycles. The van der Waals surface area contributed by atoms with Crippen molar-refractivity contribution in [3.05, 3.63) is 23.8 Å². The molecule has 0 aromatic heterocycles. The van der Waals surface area contributed by atoms with Gasteiger partial charge < -0.3 is 20.1 Å². The number of carbonyl (C=O) groups is 1. The molecule has 0 spiro atoms. The fourth-order valence-electron chi connectivity index (χ4n) is 2.90. The van der Waals surface area contributed by atoms with E-state index in [9.17, 15) is 4.79 Å². The zero-order valence-corrected chi connectivity index (χ0v) is 15.1. The van der Waals surface area contributed by atoms with E-state index in [0.29, 0.717) is 23.6 Å². The molecule has 1 fully saturated rings. The molecule has 2 rings (SSSR count). The number of nitrogens with one attached hydrogen (secondary N) is 2. The summed E-state index contributed by atoms with van der Waals surface area (Å²) in [6, 6.07) is 5.51. The first-order chi connectivity index (χ1) is 10.5. The van der Waals surface area contributed by atoms with Crippen molar-refractivity contribution in [1.29, 1.82) is 0 Å². The molecule has 6 heteroatoms. The lowest BCUT2D eigenvalue weighted by atomic mass is 9.77. The summed E-state index contributed by atoms with van der Waals surface area (Å²) in [7, 11) is 3.14. The number of rotatable bonds is 5. The summed E-state index contributed by atoms with van der Waals surface area (Å²) in [5.41, 5.74) is 0.680. The van der Waals surface area contributed by atoms with E-state index < -0.39 is 0 Å². The molecule has 1 amide bonds. The van der Waals surface area contributed by atoms with Crippen LogP contribution in [0.4, 0.5) is 0 Å². The van der Waals surface area contributed by atoms with Gasteiger partial charge in [0.25, 0.3) is 5.91 Å². The Balaban J connectivity index is 0.00000264. The maximum Gasteiger partial charge on any atom is 0.255 e. The van der Waals surface area contributed by atoms with Gasteiger partial charge in [0.1, 0.15) is 11.5 Å². The molecule has 1 aromatic carbocycles. The molecule has 130 valence electrons. The Labute approximate surface area is 144 Å². The largest absolute Gasteiger partial charge is 0.497 e. The maximum atomic E-state index is 12.5. The summed E-state index contributed by atoms with van der Waals surface area (Å²) in [5, 5.41) is 6.51. The van der Waals surface area contributed by atoms with Crippen LogP contribution >= 0.6 is 12.4 Å². The predicted octanol–water partition coefficient (Wildman–Crippen LogP) is 2.63. The second kappa shape index (κ2) is 8.41. The fraction of sp³-hybridized carbons (Fsp3) is 0.588. The van der Waals surface area contributed by atoms with E-state index in [0.717, 1.165) is 6.54 Å². The van der Waals surface area contributed by atoms with Crippen LogP contribution in [0.5, 0.6) is 11.5 Å². The highest BCUT2D eigenvalue weighted by Crippen LogP contribution is 2.30. The van der Waals surface area contributed by atoms with Crippen LogP contribution in [-0.4, -0.2) is 39.3 Å². The van der Waals surface area contributed by atoms with Crippen LogP contribution in [0.1, 0.15) is 37.0 Å². The lowest BCUT2D eigenvalue weighted by Gasteiger charge is -2.39. The first kappa shape index (κ1) is 19.6. The minimum absolute atomic E-state index is 0. The molecule has 1 aliphatic rings. The van der Waals surface area contributed by atoms with Crippen LogP contribution in [0.25, 0.3) is 0 Å². The zero-order chi connectivity index (χ0) is 16.2. The summed E-state index contributed by atoms with van der Waals surface area (Å²) < 4.78 is 10.5. The van der Waals surface area contributed by atoms with Crippen LogP contribution in [0.2, 0.25) is 0 Å². The number of halogens is 1. The molecular formula is C17H27ClN2O3. The maximum absolute atomic E-state index is 12.5. The molecule has 23 heavy (non-hydrogen) atoms. The van der Waals surface area contributed by atoms with Crippen molar-refractivity contribution in [3.8, 4) is 11.5 Å². The van der Waals surface area contributed by atoms with E-state index in [2.05, 4.69) is 24.5 Å². The van der Waals surface area contributed by atoms with Crippen LogP contribution in [0, 0.1) is 5.41 Å². The van der Waals surface area contributed by atoms with Gasteiger partial charge in [0.15, 0.2) is 0 Å². The Hall–Kier alpha value is -1.46. The molecule has 1 atom stereocenters. The number of carbonyl (C=O) groups excluding carboxylic acids is 1. The first-order valence-corrected chi connectivity index (χ1v) is 7.71. The van der Waals surface area contributed by atoms with Gasteiger partial charge >= 0.3 is 0 Å². The number of hydrogen-bond acceptors (Lipinski definition) is 4. The van der Waals surface area contributed by atoms with Crippen LogP contribution in [0.3, 0.4) is 0 Å². The molecule has 1 unspecified atom stereocenters. The molecule has 0 bridgehead atoms. The number of amides is 1. The van der Waals surface area contributed by atoms with Gasteiger partial charge in [-0.3, -0.25) is 4.79 Å². The normalized spacial score (nSPS) is 19.4. The Morgan fingerprint density at radius 1 is 1.35 bits per heavy atom. The molecule has 1 aromatic rings. The first-order valence-electron chi connectivity index (χ1n) is 7.71. The van der Waals surface area contributed by atoms with Crippen LogP contribution in [-0.2, 0) is 0 Å². The molecule has 2 N–H and O–H groups in total. The van der Waals surface area contributed by atoms with Gasteiger partial charge in [-0.1, -0.05) is 13.8 Å². The highest BCUT2D eigenvalue weighted by molar-refractivity contribution is 5.97. The van der Waals surface area contributed by atoms with Gasteiger partial charge in [0, 0.05) is 12.6 Å². The average molecular weight is 343 g/mol. The third kappa shape index (κ3) is 4.75. The Morgan fingerprint density at radius 3 is 2.70 bits per heavy atom. The second-order valence-electron chi connectivity index (χ2n) is 6.38. The predicted molar refractivity (Wildman–Crippen MR) is 93.9 cm³/mol. The fourth-order valence-corrected chi connectivity index (χ4v) is 2.90. The van der Waals surface area contributed by atoms with Crippen molar-refractivity contribution in [2.24, 2.45) is 5.41 Å². The van der Waals surface area contributed by atoms with Gasteiger partial charge in [0.05, 0.1) is 19.8 Å².